The van der Waals surface area contributed by atoms with Gasteiger partial charge in [0.25, 0.3) is 0 Å². The van der Waals surface area contributed by atoms with Gasteiger partial charge in [0.05, 0.1) is 18.7 Å². The molecule has 0 bridgehead atoms. The average Bonchev–Trinajstić information content (AvgIpc) is 2.96. The van der Waals surface area contributed by atoms with Crippen molar-refractivity contribution < 1.29 is 9.53 Å². The monoisotopic (exact) mass is 274 g/mol. The van der Waals surface area contributed by atoms with Gasteiger partial charge < -0.3 is 15.4 Å². The molecule has 2 saturated heterocycles. The Kier molecular flexibility index (Phi) is 4.87. The van der Waals surface area contributed by atoms with E-state index in [1.165, 1.54) is 25.7 Å². The standard InChI is InChI=1S/C13H22N2O2.ClH/c16-13(14-10-5-6-17-8-10)12-7-9-3-1-2-4-11(9)15-12;/h9-12,15H,1-8H2,(H,14,16);1H. The van der Waals surface area contributed by atoms with E-state index in [-0.39, 0.29) is 30.4 Å². The molecule has 2 aliphatic heterocycles. The molecule has 0 spiro atoms. The Balaban J connectivity index is 0.00000120. The molecule has 1 amide bonds. The summed E-state index contributed by atoms with van der Waals surface area (Å²) in [7, 11) is 0. The molecule has 1 aliphatic carbocycles. The number of ether oxygens (including phenoxy) is 1. The lowest BCUT2D eigenvalue weighted by Gasteiger charge is -2.24. The first kappa shape index (κ1) is 14.1. The van der Waals surface area contributed by atoms with E-state index in [2.05, 4.69) is 10.6 Å². The SMILES string of the molecule is Cl.O=C(NC1CCOC1)C1CC2CCCCC2N1. The van der Waals surface area contributed by atoms with E-state index in [0.717, 1.165) is 25.4 Å². The normalized spacial score (nSPS) is 38.9. The Morgan fingerprint density at radius 2 is 2.06 bits per heavy atom. The maximum Gasteiger partial charge on any atom is 0.237 e. The molecule has 4 atom stereocenters. The minimum Gasteiger partial charge on any atom is -0.379 e. The molecule has 2 N–H and O–H groups in total. The molecule has 5 heteroatoms. The van der Waals surface area contributed by atoms with Crippen molar-refractivity contribution in [1.29, 1.82) is 0 Å². The van der Waals surface area contributed by atoms with E-state index < -0.39 is 0 Å². The van der Waals surface area contributed by atoms with Crippen LogP contribution in [0.15, 0.2) is 0 Å². The summed E-state index contributed by atoms with van der Waals surface area (Å²) in [6.45, 7) is 1.47. The van der Waals surface area contributed by atoms with Crippen molar-refractivity contribution in [2.75, 3.05) is 13.2 Å². The second-order valence-corrected chi connectivity index (χ2v) is 5.68. The molecule has 1 saturated carbocycles. The van der Waals surface area contributed by atoms with E-state index in [9.17, 15) is 4.79 Å². The van der Waals surface area contributed by atoms with Crippen LogP contribution in [0.4, 0.5) is 0 Å². The van der Waals surface area contributed by atoms with Gasteiger partial charge in [0.1, 0.15) is 0 Å². The van der Waals surface area contributed by atoms with Gasteiger partial charge in [-0.05, 0) is 31.6 Å². The maximum absolute atomic E-state index is 12.1. The van der Waals surface area contributed by atoms with Crippen LogP contribution in [0.2, 0.25) is 0 Å². The van der Waals surface area contributed by atoms with Crippen molar-refractivity contribution in [3.8, 4) is 0 Å². The molecule has 0 aromatic rings. The van der Waals surface area contributed by atoms with Gasteiger partial charge in [-0.1, -0.05) is 12.8 Å². The predicted octanol–water partition coefficient (Wildman–Crippen LogP) is 1.23. The van der Waals surface area contributed by atoms with Crippen LogP contribution < -0.4 is 10.6 Å². The zero-order valence-electron chi connectivity index (χ0n) is 10.7. The molecule has 3 aliphatic rings. The molecule has 4 unspecified atom stereocenters. The molecule has 3 rings (SSSR count). The minimum absolute atomic E-state index is 0. The summed E-state index contributed by atoms with van der Waals surface area (Å²) < 4.78 is 5.28. The topological polar surface area (TPSA) is 50.4 Å². The fraction of sp³-hybridized carbons (Fsp3) is 0.923. The van der Waals surface area contributed by atoms with Crippen LogP contribution in [-0.4, -0.2) is 37.2 Å². The number of nitrogens with one attached hydrogen (secondary N) is 2. The molecule has 18 heavy (non-hydrogen) atoms. The zero-order valence-corrected chi connectivity index (χ0v) is 11.5. The van der Waals surface area contributed by atoms with Crippen molar-refractivity contribution in [3.63, 3.8) is 0 Å². The lowest BCUT2D eigenvalue weighted by Crippen LogP contribution is -2.47. The second-order valence-electron chi connectivity index (χ2n) is 5.68. The third-order valence-corrected chi connectivity index (χ3v) is 4.46. The van der Waals surface area contributed by atoms with Crippen LogP contribution in [0.25, 0.3) is 0 Å². The van der Waals surface area contributed by atoms with E-state index >= 15 is 0 Å². The highest BCUT2D eigenvalue weighted by atomic mass is 35.5. The molecule has 0 radical (unpaired) electrons. The Bertz CT molecular complexity index is 281. The van der Waals surface area contributed by atoms with Crippen molar-refractivity contribution in [2.45, 2.75) is 56.7 Å². The van der Waals surface area contributed by atoms with Gasteiger partial charge in [-0.2, -0.15) is 0 Å². The van der Waals surface area contributed by atoms with Crippen LogP contribution in [0.3, 0.4) is 0 Å². The largest absolute Gasteiger partial charge is 0.379 e. The summed E-state index contributed by atoms with van der Waals surface area (Å²) in [5.74, 6) is 0.925. The third-order valence-electron chi connectivity index (χ3n) is 4.46. The van der Waals surface area contributed by atoms with Gasteiger partial charge in [-0.15, -0.1) is 12.4 Å². The number of amides is 1. The van der Waals surface area contributed by atoms with Crippen molar-refractivity contribution in [1.82, 2.24) is 10.6 Å². The number of hydrogen-bond donors (Lipinski definition) is 2. The summed E-state index contributed by atoms with van der Waals surface area (Å²) >= 11 is 0. The first-order valence-corrected chi connectivity index (χ1v) is 6.97. The molecule has 3 fully saturated rings. The molecular formula is C13H23ClN2O2. The highest BCUT2D eigenvalue weighted by Gasteiger charge is 2.38. The number of hydrogen-bond acceptors (Lipinski definition) is 3. The average molecular weight is 275 g/mol. The van der Waals surface area contributed by atoms with Crippen LogP contribution >= 0.6 is 12.4 Å². The Hall–Kier alpha value is -0.320. The van der Waals surface area contributed by atoms with Crippen LogP contribution in [0.1, 0.15) is 38.5 Å². The number of rotatable bonds is 2. The molecular weight excluding hydrogens is 252 g/mol. The fourth-order valence-electron chi connectivity index (χ4n) is 3.47. The van der Waals surface area contributed by atoms with Crippen molar-refractivity contribution in [2.24, 2.45) is 5.92 Å². The van der Waals surface area contributed by atoms with Crippen LogP contribution in [-0.2, 0) is 9.53 Å². The molecule has 0 aromatic carbocycles. The maximum atomic E-state index is 12.1. The summed E-state index contributed by atoms with van der Waals surface area (Å²) in [5, 5.41) is 6.62. The fourth-order valence-corrected chi connectivity index (χ4v) is 3.47. The van der Waals surface area contributed by atoms with Gasteiger partial charge in [0.15, 0.2) is 0 Å². The number of halogens is 1. The molecule has 2 heterocycles. The van der Waals surface area contributed by atoms with Gasteiger partial charge >= 0.3 is 0 Å². The number of carbonyl (C=O) groups excluding carboxylic acids is 1. The second kappa shape index (κ2) is 6.22. The zero-order chi connectivity index (χ0) is 11.7. The summed E-state index contributed by atoms with van der Waals surface area (Å²) in [5.41, 5.74) is 0. The summed E-state index contributed by atoms with van der Waals surface area (Å²) in [4.78, 5) is 12.1. The van der Waals surface area contributed by atoms with E-state index in [4.69, 9.17) is 4.74 Å². The Morgan fingerprint density at radius 1 is 1.22 bits per heavy atom. The van der Waals surface area contributed by atoms with Gasteiger partial charge in [0.2, 0.25) is 5.91 Å². The molecule has 4 nitrogen and oxygen atoms in total. The first-order chi connectivity index (χ1) is 8.33. The van der Waals surface area contributed by atoms with Gasteiger partial charge in [-0.25, -0.2) is 0 Å². The van der Waals surface area contributed by atoms with E-state index in [1.54, 1.807) is 0 Å². The lowest BCUT2D eigenvalue weighted by molar-refractivity contribution is -0.123. The van der Waals surface area contributed by atoms with E-state index in [0.29, 0.717) is 12.6 Å². The van der Waals surface area contributed by atoms with Crippen molar-refractivity contribution in [3.05, 3.63) is 0 Å². The highest BCUT2D eigenvalue weighted by molar-refractivity contribution is 5.85. The number of carbonyl (C=O) groups is 1. The lowest BCUT2D eigenvalue weighted by atomic mass is 9.85. The third kappa shape index (κ3) is 2.98. The summed E-state index contributed by atoms with van der Waals surface area (Å²) in [6, 6.07) is 0.884. The number of fused-ring (bicyclic) bond motifs is 1. The minimum atomic E-state index is 0. The van der Waals surface area contributed by atoms with Crippen molar-refractivity contribution >= 4 is 18.3 Å². The smallest absolute Gasteiger partial charge is 0.237 e. The quantitative estimate of drug-likeness (QED) is 0.796. The first-order valence-electron chi connectivity index (χ1n) is 6.97. The Labute approximate surface area is 115 Å². The van der Waals surface area contributed by atoms with E-state index in [1.807, 2.05) is 0 Å². The predicted molar refractivity (Wildman–Crippen MR) is 71.9 cm³/mol. The Morgan fingerprint density at radius 3 is 2.78 bits per heavy atom. The molecule has 0 aromatic heterocycles. The van der Waals surface area contributed by atoms with Gasteiger partial charge in [0, 0.05) is 12.6 Å². The summed E-state index contributed by atoms with van der Waals surface area (Å²) in [6.07, 6.45) is 7.21. The highest BCUT2D eigenvalue weighted by Crippen LogP contribution is 2.33. The van der Waals surface area contributed by atoms with Gasteiger partial charge in [-0.3, -0.25) is 4.79 Å². The molecule has 104 valence electrons. The van der Waals surface area contributed by atoms with Crippen LogP contribution in [0, 0.1) is 5.92 Å². The van der Waals surface area contributed by atoms with Crippen LogP contribution in [0.5, 0.6) is 0 Å².